The Morgan fingerprint density at radius 1 is 1.17 bits per heavy atom. The van der Waals surface area contributed by atoms with Crippen molar-refractivity contribution in [2.45, 2.75) is 68.9 Å². The van der Waals surface area contributed by atoms with E-state index in [0.29, 0.717) is 25.7 Å². The van der Waals surface area contributed by atoms with Crippen molar-refractivity contribution in [3.05, 3.63) is 36.4 Å². The molecule has 0 spiro atoms. The Balaban J connectivity index is 1.52. The number of rotatable bonds is 6. The van der Waals surface area contributed by atoms with E-state index in [9.17, 15) is 21.6 Å². The second kappa shape index (κ2) is 8.31. The number of nitrogens with one attached hydrogen (secondary N) is 1. The zero-order valence-electron chi connectivity index (χ0n) is 16.1. The number of ether oxygens (including phenoxy) is 1. The minimum Gasteiger partial charge on any atom is -0.474 e. The summed E-state index contributed by atoms with van der Waals surface area (Å²) in [5.41, 5.74) is -0.831. The van der Waals surface area contributed by atoms with Gasteiger partial charge in [0, 0.05) is 30.5 Å². The zero-order valence-corrected chi connectivity index (χ0v) is 16.9. The van der Waals surface area contributed by atoms with Gasteiger partial charge in [0.2, 0.25) is 5.88 Å². The van der Waals surface area contributed by atoms with E-state index in [4.69, 9.17) is 4.74 Å². The molecule has 0 aromatic carbocycles. The van der Waals surface area contributed by atoms with Gasteiger partial charge in [0.15, 0.2) is 5.03 Å². The van der Waals surface area contributed by atoms with Gasteiger partial charge in [0.25, 0.3) is 10.0 Å². The number of imidazole rings is 1. The van der Waals surface area contributed by atoms with Crippen molar-refractivity contribution in [3.8, 4) is 5.88 Å². The number of aromatic nitrogens is 3. The molecule has 29 heavy (non-hydrogen) atoms. The van der Waals surface area contributed by atoms with E-state index < -0.39 is 21.8 Å². The highest BCUT2D eigenvalue weighted by atomic mass is 32.2. The van der Waals surface area contributed by atoms with E-state index in [1.54, 1.807) is 4.57 Å². The van der Waals surface area contributed by atoms with E-state index in [1.807, 2.05) is 13.8 Å². The second-order valence-corrected chi connectivity index (χ2v) is 9.01. The molecule has 1 fully saturated rings. The summed E-state index contributed by atoms with van der Waals surface area (Å²) >= 11 is 0. The Labute approximate surface area is 167 Å². The van der Waals surface area contributed by atoms with Gasteiger partial charge in [-0.1, -0.05) is 0 Å². The first kappa shape index (κ1) is 21.6. The predicted octanol–water partition coefficient (Wildman–Crippen LogP) is 3.55. The van der Waals surface area contributed by atoms with Crippen molar-refractivity contribution < 1.29 is 26.3 Å². The van der Waals surface area contributed by atoms with E-state index in [2.05, 4.69) is 14.7 Å². The number of nitrogens with zero attached hydrogens (tertiary/aromatic N) is 3. The quantitative estimate of drug-likeness (QED) is 0.755. The molecule has 1 aliphatic rings. The van der Waals surface area contributed by atoms with Crippen LogP contribution in [0, 0.1) is 0 Å². The summed E-state index contributed by atoms with van der Waals surface area (Å²) in [5, 5.41) is -0.0153. The molecule has 160 valence electrons. The molecule has 11 heteroatoms. The van der Waals surface area contributed by atoms with Crippen LogP contribution in [0.2, 0.25) is 0 Å². The lowest BCUT2D eigenvalue weighted by molar-refractivity contribution is -0.137. The van der Waals surface area contributed by atoms with Crippen LogP contribution in [0.3, 0.4) is 0 Å². The van der Waals surface area contributed by atoms with Crippen molar-refractivity contribution in [3.63, 3.8) is 0 Å². The molecule has 3 rings (SSSR count). The third-order valence-electron chi connectivity index (χ3n) is 4.80. The first-order chi connectivity index (χ1) is 13.5. The monoisotopic (exact) mass is 432 g/mol. The first-order valence-corrected chi connectivity index (χ1v) is 10.8. The Morgan fingerprint density at radius 3 is 2.38 bits per heavy atom. The fourth-order valence-corrected chi connectivity index (χ4v) is 4.35. The van der Waals surface area contributed by atoms with Crippen molar-refractivity contribution in [1.82, 2.24) is 19.3 Å². The third kappa shape index (κ3) is 5.47. The topological polar surface area (TPSA) is 86.1 Å². The van der Waals surface area contributed by atoms with Crippen LogP contribution in [-0.2, 0) is 16.2 Å². The van der Waals surface area contributed by atoms with Gasteiger partial charge in [-0.25, -0.2) is 23.1 Å². The van der Waals surface area contributed by atoms with Gasteiger partial charge in [0.1, 0.15) is 6.10 Å². The highest BCUT2D eigenvalue weighted by Gasteiger charge is 2.31. The smallest absolute Gasteiger partial charge is 0.417 e. The molecule has 0 saturated heterocycles. The van der Waals surface area contributed by atoms with Crippen LogP contribution < -0.4 is 9.46 Å². The molecular formula is C18H23F3N4O3S. The van der Waals surface area contributed by atoms with E-state index in [0.717, 1.165) is 12.3 Å². The molecule has 7 nitrogen and oxygen atoms in total. The number of pyridine rings is 1. The number of alkyl halides is 3. The molecule has 1 aliphatic carbocycles. The molecule has 0 amide bonds. The SMILES string of the molecule is CC(C)n1cnc(S(=O)(=O)NC2CCC(Oc3ccc(C(F)(F)F)cn3)CC2)c1. The minimum atomic E-state index is -4.44. The Kier molecular flexibility index (Phi) is 6.18. The molecule has 2 aromatic rings. The molecular weight excluding hydrogens is 409 g/mol. The maximum Gasteiger partial charge on any atom is 0.417 e. The molecule has 2 aromatic heterocycles. The summed E-state index contributed by atoms with van der Waals surface area (Å²) in [6.07, 6.45) is 1.30. The highest BCUT2D eigenvalue weighted by Crippen LogP contribution is 2.30. The van der Waals surface area contributed by atoms with Gasteiger partial charge in [-0.05, 0) is 45.6 Å². The molecule has 0 bridgehead atoms. The van der Waals surface area contributed by atoms with E-state index >= 15 is 0 Å². The van der Waals surface area contributed by atoms with Crippen LogP contribution in [-0.4, -0.2) is 35.1 Å². The summed E-state index contributed by atoms with van der Waals surface area (Å²) in [6, 6.07) is 1.99. The first-order valence-electron chi connectivity index (χ1n) is 9.30. The minimum absolute atomic E-state index is 0.0153. The maximum atomic E-state index is 12.6. The standard InChI is InChI=1S/C18H23F3N4O3S/c1-12(2)25-10-17(23-11-25)29(26,27)24-14-4-6-15(7-5-14)28-16-8-3-13(9-22-16)18(19,20)21/h3,8-12,14-15,24H,4-7H2,1-2H3. The maximum absolute atomic E-state index is 12.6. The van der Waals surface area contributed by atoms with Crippen LogP contribution in [0.4, 0.5) is 13.2 Å². The third-order valence-corrected chi connectivity index (χ3v) is 6.20. The molecule has 0 atom stereocenters. The number of sulfonamides is 1. The summed E-state index contributed by atoms with van der Waals surface area (Å²) in [4.78, 5) is 7.68. The van der Waals surface area contributed by atoms with Crippen LogP contribution in [0.5, 0.6) is 5.88 Å². The zero-order chi connectivity index (χ0) is 21.2. The molecule has 1 saturated carbocycles. The lowest BCUT2D eigenvalue weighted by atomic mass is 9.94. The van der Waals surface area contributed by atoms with Crippen molar-refractivity contribution in [2.24, 2.45) is 0 Å². The summed E-state index contributed by atoms with van der Waals surface area (Å²) in [5.74, 6) is 0.126. The largest absolute Gasteiger partial charge is 0.474 e. The summed E-state index contributed by atoms with van der Waals surface area (Å²) in [7, 11) is -3.71. The lowest BCUT2D eigenvalue weighted by Crippen LogP contribution is -2.39. The van der Waals surface area contributed by atoms with E-state index in [1.165, 1.54) is 18.6 Å². The Hall–Kier alpha value is -2.14. The van der Waals surface area contributed by atoms with Gasteiger partial charge in [0.05, 0.1) is 11.9 Å². The van der Waals surface area contributed by atoms with Crippen molar-refractivity contribution in [1.29, 1.82) is 0 Å². The second-order valence-electron chi connectivity index (χ2n) is 7.35. The fraction of sp³-hybridized carbons (Fsp3) is 0.556. The fourth-order valence-electron chi connectivity index (χ4n) is 3.11. The lowest BCUT2D eigenvalue weighted by Gasteiger charge is -2.28. The molecule has 0 aliphatic heterocycles. The van der Waals surface area contributed by atoms with Crippen LogP contribution in [0.1, 0.15) is 51.1 Å². The highest BCUT2D eigenvalue weighted by molar-refractivity contribution is 7.89. The van der Waals surface area contributed by atoms with Gasteiger partial charge < -0.3 is 9.30 Å². The van der Waals surface area contributed by atoms with Crippen LogP contribution >= 0.6 is 0 Å². The average molecular weight is 432 g/mol. The molecule has 2 heterocycles. The number of halogens is 3. The summed E-state index contributed by atoms with van der Waals surface area (Å²) < 4.78 is 72.8. The van der Waals surface area contributed by atoms with Crippen molar-refractivity contribution >= 4 is 10.0 Å². The van der Waals surface area contributed by atoms with Crippen LogP contribution in [0.25, 0.3) is 0 Å². The average Bonchev–Trinajstić information content (AvgIpc) is 3.14. The number of hydrogen-bond donors (Lipinski definition) is 1. The van der Waals surface area contributed by atoms with Gasteiger partial charge in [-0.2, -0.15) is 13.2 Å². The van der Waals surface area contributed by atoms with Crippen molar-refractivity contribution in [2.75, 3.05) is 0 Å². The predicted molar refractivity (Wildman–Crippen MR) is 98.8 cm³/mol. The number of hydrogen-bond acceptors (Lipinski definition) is 5. The van der Waals surface area contributed by atoms with E-state index in [-0.39, 0.29) is 29.1 Å². The normalized spacial score (nSPS) is 20.8. The van der Waals surface area contributed by atoms with Gasteiger partial charge >= 0.3 is 6.18 Å². The van der Waals surface area contributed by atoms with Gasteiger partial charge in [-0.15, -0.1) is 0 Å². The van der Waals surface area contributed by atoms with Crippen LogP contribution in [0.15, 0.2) is 35.9 Å². The Bertz CT molecular complexity index is 919. The molecule has 0 radical (unpaired) electrons. The molecule has 1 N–H and O–H groups in total. The molecule has 0 unspecified atom stereocenters. The Morgan fingerprint density at radius 2 is 1.86 bits per heavy atom. The summed E-state index contributed by atoms with van der Waals surface area (Å²) in [6.45, 7) is 3.86. The van der Waals surface area contributed by atoms with Gasteiger partial charge in [-0.3, -0.25) is 0 Å².